The molecule has 0 aliphatic rings. The maximum absolute atomic E-state index is 11.4. The van der Waals surface area contributed by atoms with Gasteiger partial charge in [-0.3, -0.25) is 4.68 Å². The number of hydrogen-bond acceptors (Lipinski definition) is 8. The van der Waals surface area contributed by atoms with E-state index in [1.165, 1.54) is 12.1 Å². The van der Waals surface area contributed by atoms with Gasteiger partial charge in [0, 0.05) is 18.7 Å². The van der Waals surface area contributed by atoms with Crippen LogP contribution in [0.5, 0.6) is 11.5 Å². The Labute approximate surface area is 178 Å². The molecule has 0 aliphatic carbocycles. The van der Waals surface area contributed by atoms with Crippen molar-refractivity contribution in [2.24, 2.45) is 12.2 Å². The molecular weight excluding hydrogens is 422 g/mol. The van der Waals surface area contributed by atoms with Gasteiger partial charge in [0.05, 0.1) is 29.5 Å². The summed E-state index contributed by atoms with van der Waals surface area (Å²) in [6.45, 7) is 0.228. The average molecular weight is 441 g/mol. The molecule has 0 radical (unpaired) electrons. The number of rotatable bonds is 7. The van der Waals surface area contributed by atoms with E-state index in [9.17, 15) is 8.42 Å². The summed E-state index contributed by atoms with van der Waals surface area (Å²) in [6.07, 6.45) is 1.63. The van der Waals surface area contributed by atoms with Gasteiger partial charge in [-0.2, -0.15) is 10.1 Å². The first-order chi connectivity index (χ1) is 14.8. The van der Waals surface area contributed by atoms with Crippen LogP contribution in [0.1, 0.15) is 5.69 Å². The number of sulfonamides is 1. The highest BCUT2D eigenvalue weighted by molar-refractivity contribution is 7.89. The molecule has 0 saturated carbocycles. The highest BCUT2D eigenvalue weighted by atomic mass is 32.2. The molecule has 10 nitrogen and oxygen atoms in total. The Hall–Kier alpha value is -3.70. The smallest absolute Gasteiger partial charge is 0.258 e. The molecule has 0 spiro atoms. The molecule has 0 amide bonds. The fourth-order valence-electron chi connectivity index (χ4n) is 2.90. The topological polar surface area (TPSA) is 135 Å². The second-order valence-electron chi connectivity index (χ2n) is 6.59. The summed E-state index contributed by atoms with van der Waals surface area (Å²) in [5.74, 6) is 1.91. The van der Waals surface area contributed by atoms with Crippen LogP contribution in [0, 0.1) is 0 Å². The Balaban J connectivity index is 1.57. The van der Waals surface area contributed by atoms with Crippen molar-refractivity contribution >= 4 is 10.0 Å². The van der Waals surface area contributed by atoms with E-state index in [1.807, 2.05) is 18.2 Å². The second kappa shape index (κ2) is 8.20. The quantitative estimate of drug-likeness (QED) is 0.462. The lowest BCUT2D eigenvalue weighted by molar-refractivity contribution is 0.293. The van der Waals surface area contributed by atoms with Gasteiger partial charge < -0.3 is 14.0 Å². The van der Waals surface area contributed by atoms with E-state index in [0.29, 0.717) is 28.5 Å². The van der Waals surface area contributed by atoms with Gasteiger partial charge in [0.25, 0.3) is 5.89 Å². The van der Waals surface area contributed by atoms with Crippen LogP contribution < -0.4 is 14.6 Å². The summed E-state index contributed by atoms with van der Waals surface area (Å²) < 4.78 is 40.9. The molecule has 11 heteroatoms. The number of benzene rings is 2. The van der Waals surface area contributed by atoms with Crippen molar-refractivity contribution in [2.45, 2.75) is 11.5 Å². The number of ether oxygens (including phenoxy) is 2. The Morgan fingerprint density at radius 3 is 2.58 bits per heavy atom. The maximum atomic E-state index is 11.4. The molecule has 2 N–H and O–H groups in total. The van der Waals surface area contributed by atoms with Crippen LogP contribution in [0.2, 0.25) is 0 Å². The van der Waals surface area contributed by atoms with Crippen LogP contribution in [0.4, 0.5) is 0 Å². The van der Waals surface area contributed by atoms with E-state index in [4.69, 9.17) is 19.1 Å². The Morgan fingerprint density at radius 2 is 1.87 bits per heavy atom. The SMILES string of the molecule is COc1cccc(OCc2c(-c3noc(-c4ccc(S(N)(=O)=O)cc4)n3)cnn2C)c1. The van der Waals surface area contributed by atoms with E-state index in [1.54, 1.807) is 43.2 Å². The number of primary sulfonamides is 1. The van der Waals surface area contributed by atoms with E-state index in [-0.39, 0.29) is 17.4 Å². The molecular formula is C20H19N5O5S. The van der Waals surface area contributed by atoms with Crippen LogP contribution in [-0.2, 0) is 23.7 Å². The fraction of sp³-hybridized carbons (Fsp3) is 0.150. The third kappa shape index (κ3) is 4.42. The largest absolute Gasteiger partial charge is 0.497 e. The van der Waals surface area contributed by atoms with Crippen molar-refractivity contribution in [3.63, 3.8) is 0 Å². The van der Waals surface area contributed by atoms with E-state index >= 15 is 0 Å². The Bertz CT molecular complexity index is 1310. The first-order valence-electron chi connectivity index (χ1n) is 9.10. The summed E-state index contributed by atoms with van der Waals surface area (Å²) in [7, 11) is -0.391. The zero-order valence-corrected chi connectivity index (χ0v) is 17.5. The van der Waals surface area contributed by atoms with Crippen LogP contribution in [0.25, 0.3) is 22.8 Å². The monoisotopic (exact) mass is 441 g/mol. The van der Waals surface area contributed by atoms with Gasteiger partial charge >= 0.3 is 0 Å². The number of hydrogen-bond donors (Lipinski definition) is 1. The van der Waals surface area contributed by atoms with Crippen molar-refractivity contribution in [2.75, 3.05) is 7.11 Å². The summed E-state index contributed by atoms with van der Waals surface area (Å²) in [4.78, 5) is 4.41. The summed E-state index contributed by atoms with van der Waals surface area (Å²) >= 11 is 0. The van der Waals surface area contributed by atoms with Crippen molar-refractivity contribution in [1.82, 2.24) is 19.9 Å². The summed E-state index contributed by atoms with van der Waals surface area (Å²) in [5.41, 5.74) is 1.96. The minimum Gasteiger partial charge on any atom is -0.497 e. The van der Waals surface area contributed by atoms with E-state index < -0.39 is 10.0 Å². The number of nitrogens with zero attached hydrogens (tertiary/aromatic N) is 4. The lowest BCUT2D eigenvalue weighted by Gasteiger charge is -2.09. The molecule has 4 aromatic rings. The predicted molar refractivity (Wildman–Crippen MR) is 111 cm³/mol. The molecule has 0 fully saturated rings. The standard InChI is InChI=1S/C20H19N5O5S/c1-25-18(12-29-15-5-3-4-14(10-15)28-2)17(11-22-25)19-23-20(30-24-19)13-6-8-16(9-7-13)31(21,26)27/h3-11H,12H2,1-2H3,(H2,21,26,27). The Morgan fingerprint density at radius 1 is 1.13 bits per heavy atom. The highest BCUT2D eigenvalue weighted by Gasteiger charge is 2.18. The van der Waals surface area contributed by atoms with Crippen LogP contribution in [-0.4, -0.2) is 35.4 Å². The van der Waals surface area contributed by atoms with Crippen LogP contribution in [0.15, 0.2) is 64.1 Å². The number of methoxy groups -OCH3 is 1. The molecule has 0 atom stereocenters. The minimum atomic E-state index is -3.78. The van der Waals surface area contributed by atoms with Gasteiger partial charge in [-0.05, 0) is 36.4 Å². The first-order valence-corrected chi connectivity index (χ1v) is 10.6. The first kappa shape index (κ1) is 20.6. The van der Waals surface area contributed by atoms with Crippen LogP contribution in [0.3, 0.4) is 0 Å². The van der Waals surface area contributed by atoms with Gasteiger partial charge in [0.1, 0.15) is 18.1 Å². The van der Waals surface area contributed by atoms with Gasteiger partial charge in [0.15, 0.2) is 0 Å². The Kier molecular flexibility index (Phi) is 5.44. The zero-order chi connectivity index (χ0) is 22.0. The molecule has 31 heavy (non-hydrogen) atoms. The minimum absolute atomic E-state index is 0.000209. The molecule has 4 rings (SSSR count). The molecule has 0 bridgehead atoms. The summed E-state index contributed by atoms with van der Waals surface area (Å²) in [6, 6.07) is 13.1. The fourth-order valence-corrected chi connectivity index (χ4v) is 3.42. The molecule has 2 aromatic carbocycles. The highest BCUT2D eigenvalue weighted by Crippen LogP contribution is 2.27. The molecule has 0 unspecified atom stereocenters. The zero-order valence-electron chi connectivity index (χ0n) is 16.7. The molecule has 160 valence electrons. The third-order valence-electron chi connectivity index (χ3n) is 4.58. The predicted octanol–water partition coefficient (Wildman–Crippen LogP) is 2.37. The number of aryl methyl sites for hydroxylation is 1. The molecule has 0 aliphatic heterocycles. The lowest BCUT2D eigenvalue weighted by Crippen LogP contribution is -2.11. The van der Waals surface area contributed by atoms with Crippen molar-refractivity contribution in [1.29, 1.82) is 0 Å². The van der Waals surface area contributed by atoms with Gasteiger partial charge in [-0.15, -0.1) is 0 Å². The third-order valence-corrected chi connectivity index (χ3v) is 5.50. The average Bonchev–Trinajstić information content (AvgIpc) is 3.38. The van der Waals surface area contributed by atoms with Gasteiger partial charge in [0.2, 0.25) is 15.8 Å². The lowest BCUT2D eigenvalue weighted by atomic mass is 10.2. The van der Waals surface area contributed by atoms with E-state index in [0.717, 1.165) is 5.69 Å². The van der Waals surface area contributed by atoms with Crippen molar-refractivity contribution in [3.05, 3.63) is 60.4 Å². The van der Waals surface area contributed by atoms with Crippen molar-refractivity contribution < 1.29 is 22.4 Å². The summed E-state index contributed by atoms with van der Waals surface area (Å²) in [5, 5.41) is 13.4. The number of aromatic nitrogens is 4. The normalized spacial score (nSPS) is 11.5. The number of nitrogens with two attached hydrogens (primary N) is 1. The second-order valence-corrected chi connectivity index (χ2v) is 8.15. The van der Waals surface area contributed by atoms with Crippen molar-refractivity contribution in [3.8, 4) is 34.3 Å². The van der Waals surface area contributed by atoms with Gasteiger partial charge in [-0.25, -0.2) is 13.6 Å². The van der Waals surface area contributed by atoms with Gasteiger partial charge in [-0.1, -0.05) is 11.2 Å². The molecule has 0 saturated heterocycles. The molecule has 2 heterocycles. The maximum Gasteiger partial charge on any atom is 0.258 e. The van der Waals surface area contributed by atoms with Crippen LogP contribution >= 0.6 is 0 Å². The van der Waals surface area contributed by atoms with E-state index in [2.05, 4.69) is 15.2 Å². The molecule has 2 aromatic heterocycles.